The molecule has 1 aliphatic heterocycles. The van der Waals surface area contributed by atoms with E-state index in [1.165, 1.54) is 5.06 Å². The van der Waals surface area contributed by atoms with Gasteiger partial charge in [-0.25, -0.2) is 4.79 Å². The third kappa shape index (κ3) is 7.38. The number of amidine groups is 1. The molecule has 29 heavy (non-hydrogen) atoms. The Morgan fingerprint density at radius 3 is 2.55 bits per heavy atom. The topological polar surface area (TPSA) is 92.3 Å². The van der Waals surface area contributed by atoms with E-state index in [1.807, 2.05) is 38.2 Å². The number of hydrogen-bond acceptors (Lipinski definition) is 7. The van der Waals surface area contributed by atoms with Crippen molar-refractivity contribution in [2.75, 3.05) is 33.2 Å². The van der Waals surface area contributed by atoms with Gasteiger partial charge in [-0.2, -0.15) is 5.06 Å². The minimum atomic E-state index is -0.744. The second-order valence-corrected chi connectivity index (χ2v) is 8.06. The van der Waals surface area contributed by atoms with Gasteiger partial charge in [-0.3, -0.25) is 9.79 Å². The lowest BCUT2D eigenvalue weighted by atomic mass is 10.1. The highest BCUT2D eigenvalue weighted by atomic mass is 16.8. The van der Waals surface area contributed by atoms with Gasteiger partial charge in [0.1, 0.15) is 5.60 Å². The molecule has 0 aromatic heterocycles. The van der Waals surface area contributed by atoms with Crippen LogP contribution in [0.2, 0.25) is 0 Å². The molecule has 0 radical (unpaired) electrons. The highest BCUT2D eigenvalue weighted by molar-refractivity contribution is 5.99. The van der Waals surface area contributed by atoms with Gasteiger partial charge >= 0.3 is 6.16 Å². The zero-order valence-corrected chi connectivity index (χ0v) is 17.9. The SMILES string of the molecule is CNCC(C)C(=O)NCCc1ccc(C2=NCCN2OC(=O)OC(C)(C)C)cc1. The van der Waals surface area contributed by atoms with Crippen LogP contribution in [0.25, 0.3) is 0 Å². The van der Waals surface area contributed by atoms with Gasteiger partial charge in [0.25, 0.3) is 0 Å². The van der Waals surface area contributed by atoms with Gasteiger partial charge in [0.05, 0.1) is 13.1 Å². The Kier molecular flexibility index (Phi) is 8.01. The van der Waals surface area contributed by atoms with Gasteiger partial charge in [-0.15, -0.1) is 0 Å². The molecule has 0 bridgehead atoms. The first-order valence-electron chi connectivity index (χ1n) is 9.94. The molecule has 2 rings (SSSR count). The maximum Gasteiger partial charge on any atom is 0.534 e. The van der Waals surface area contributed by atoms with Crippen molar-refractivity contribution in [3.8, 4) is 0 Å². The lowest BCUT2D eigenvalue weighted by molar-refractivity contribution is -0.124. The lowest BCUT2D eigenvalue weighted by Gasteiger charge is -2.23. The predicted molar refractivity (Wildman–Crippen MR) is 112 cm³/mol. The summed E-state index contributed by atoms with van der Waals surface area (Å²) in [5, 5.41) is 7.42. The number of nitrogens with one attached hydrogen (secondary N) is 2. The van der Waals surface area contributed by atoms with Crippen LogP contribution in [0.15, 0.2) is 29.3 Å². The molecule has 0 fully saturated rings. The molecule has 1 aliphatic rings. The molecule has 1 aromatic carbocycles. The van der Waals surface area contributed by atoms with E-state index in [0.29, 0.717) is 32.0 Å². The number of aliphatic imine (C=N–C) groups is 1. The van der Waals surface area contributed by atoms with E-state index in [0.717, 1.165) is 17.5 Å². The largest absolute Gasteiger partial charge is 0.534 e. The number of rotatable bonds is 8. The Bertz CT molecular complexity index is 725. The summed E-state index contributed by atoms with van der Waals surface area (Å²) in [6, 6.07) is 7.86. The van der Waals surface area contributed by atoms with Gasteiger partial charge in [0, 0.05) is 24.6 Å². The summed E-state index contributed by atoms with van der Waals surface area (Å²) in [4.78, 5) is 33.6. The molecule has 8 heteroatoms. The minimum absolute atomic E-state index is 0.0474. The zero-order valence-electron chi connectivity index (χ0n) is 17.9. The average Bonchev–Trinajstić information content (AvgIpc) is 3.08. The van der Waals surface area contributed by atoms with Gasteiger partial charge < -0.3 is 20.2 Å². The first-order chi connectivity index (χ1) is 13.7. The second-order valence-electron chi connectivity index (χ2n) is 8.06. The monoisotopic (exact) mass is 404 g/mol. The molecule has 2 N–H and O–H groups in total. The van der Waals surface area contributed by atoms with Crippen LogP contribution >= 0.6 is 0 Å². The lowest BCUT2D eigenvalue weighted by Crippen LogP contribution is -2.35. The maximum absolute atomic E-state index is 11.9. The molecule has 0 aliphatic carbocycles. The van der Waals surface area contributed by atoms with E-state index >= 15 is 0 Å². The van der Waals surface area contributed by atoms with Crippen molar-refractivity contribution in [1.82, 2.24) is 15.7 Å². The summed E-state index contributed by atoms with van der Waals surface area (Å²) in [6.07, 6.45) is -0.00457. The number of carbonyl (C=O) groups excluding carboxylic acids is 2. The zero-order chi connectivity index (χ0) is 21.4. The van der Waals surface area contributed by atoms with Gasteiger partial charge in [-0.1, -0.05) is 31.2 Å². The third-order valence-corrected chi connectivity index (χ3v) is 4.26. The first-order valence-corrected chi connectivity index (χ1v) is 9.94. The Morgan fingerprint density at radius 2 is 1.93 bits per heavy atom. The van der Waals surface area contributed by atoms with Gasteiger partial charge in [-0.05, 0) is 39.8 Å². The summed E-state index contributed by atoms with van der Waals surface area (Å²) < 4.78 is 5.20. The molecule has 1 heterocycles. The molecule has 0 saturated heterocycles. The average molecular weight is 405 g/mol. The molecule has 1 amide bonds. The molecule has 1 atom stereocenters. The van der Waals surface area contributed by atoms with Crippen LogP contribution in [-0.4, -0.2) is 61.8 Å². The number of amides is 1. The second kappa shape index (κ2) is 10.2. The van der Waals surface area contributed by atoms with Crippen LogP contribution in [0, 0.1) is 5.92 Å². The van der Waals surface area contributed by atoms with Crippen LogP contribution in [0.1, 0.15) is 38.8 Å². The summed E-state index contributed by atoms with van der Waals surface area (Å²) >= 11 is 0. The number of hydroxylamine groups is 2. The minimum Gasteiger partial charge on any atom is -0.427 e. The standard InChI is InChI=1S/C21H32N4O4/c1-15(14-22-5)19(26)24-11-10-16-6-8-17(9-7-16)18-23-12-13-25(18)29-20(27)28-21(2,3)4/h6-9,15,22H,10-14H2,1-5H3,(H,24,26). The molecule has 0 spiro atoms. The number of benzene rings is 1. The third-order valence-electron chi connectivity index (χ3n) is 4.26. The Balaban J connectivity index is 1.87. The van der Waals surface area contributed by atoms with Crippen LogP contribution in [-0.2, 0) is 20.8 Å². The fourth-order valence-corrected chi connectivity index (χ4v) is 2.84. The highest BCUT2D eigenvalue weighted by Crippen LogP contribution is 2.16. The molecule has 0 saturated carbocycles. The van der Waals surface area contributed by atoms with E-state index in [9.17, 15) is 9.59 Å². The Hall–Kier alpha value is -2.61. The van der Waals surface area contributed by atoms with Crippen LogP contribution in [0.3, 0.4) is 0 Å². The molecule has 1 aromatic rings. The van der Waals surface area contributed by atoms with E-state index in [2.05, 4.69) is 15.6 Å². The predicted octanol–water partition coefficient (Wildman–Crippen LogP) is 2.13. The van der Waals surface area contributed by atoms with Crippen molar-refractivity contribution < 1.29 is 19.2 Å². The fourth-order valence-electron chi connectivity index (χ4n) is 2.84. The Morgan fingerprint density at radius 1 is 1.24 bits per heavy atom. The maximum atomic E-state index is 11.9. The van der Waals surface area contributed by atoms with E-state index in [4.69, 9.17) is 9.57 Å². The number of carbonyl (C=O) groups is 2. The fraction of sp³-hybridized carbons (Fsp3) is 0.571. The molecule has 1 unspecified atom stereocenters. The highest BCUT2D eigenvalue weighted by Gasteiger charge is 2.26. The van der Waals surface area contributed by atoms with E-state index in [1.54, 1.807) is 20.8 Å². The van der Waals surface area contributed by atoms with E-state index < -0.39 is 11.8 Å². The van der Waals surface area contributed by atoms with Crippen LogP contribution in [0.5, 0.6) is 0 Å². The van der Waals surface area contributed by atoms with Crippen molar-refractivity contribution in [1.29, 1.82) is 0 Å². The number of nitrogens with zero attached hydrogens (tertiary/aromatic N) is 2. The molecule has 8 nitrogen and oxygen atoms in total. The Labute approximate surface area is 172 Å². The summed E-state index contributed by atoms with van der Waals surface area (Å²) in [6.45, 7) is 9.55. The van der Waals surface area contributed by atoms with Crippen LogP contribution < -0.4 is 10.6 Å². The van der Waals surface area contributed by atoms with Crippen molar-refractivity contribution in [2.24, 2.45) is 10.9 Å². The smallest absolute Gasteiger partial charge is 0.427 e. The molecular weight excluding hydrogens is 372 g/mol. The van der Waals surface area contributed by atoms with Crippen molar-refractivity contribution in [3.05, 3.63) is 35.4 Å². The van der Waals surface area contributed by atoms with Gasteiger partial charge in [0.15, 0.2) is 5.84 Å². The molecule has 160 valence electrons. The van der Waals surface area contributed by atoms with Crippen molar-refractivity contribution in [2.45, 2.75) is 39.7 Å². The van der Waals surface area contributed by atoms with Crippen molar-refractivity contribution in [3.63, 3.8) is 0 Å². The summed E-state index contributed by atoms with van der Waals surface area (Å²) in [5.74, 6) is 0.599. The van der Waals surface area contributed by atoms with E-state index in [-0.39, 0.29) is 11.8 Å². The number of ether oxygens (including phenoxy) is 1. The summed E-state index contributed by atoms with van der Waals surface area (Å²) in [7, 11) is 1.83. The van der Waals surface area contributed by atoms with Crippen molar-refractivity contribution >= 4 is 17.9 Å². The first kappa shape index (κ1) is 22.7. The quantitative estimate of drug-likeness (QED) is 0.645. The normalized spacial score (nSPS) is 14.9. The number of hydrogen-bond donors (Lipinski definition) is 2. The van der Waals surface area contributed by atoms with Gasteiger partial charge in [0.2, 0.25) is 5.91 Å². The summed E-state index contributed by atoms with van der Waals surface area (Å²) in [5.41, 5.74) is 1.35. The van der Waals surface area contributed by atoms with Crippen LogP contribution in [0.4, 0.5) is 4.79 Å². The molecular formula is C21H32N4O4.